The molecule has 1 fully saturated rings. The van der Waals surface area contributed by atoms with Gasteiger partial charge in [0.2, 0.25) is 0 Å². The van der Waals surface area contributed by atoms with Crippen LogP contribution in [0.3, 0.4) is 0 Å². The Balaban J connectivity index is 1.63. The molecular formula is C21H21FO5S. The van der Waals surface area contributed by atoms with E-state index in [0.717, 1.165) is 15.0 Å². The van der Waals surface area contributed by atoms with Gasteiger partial charge in [0.1, 0.15) is 36.3 Å². The second-order valence-electron chi connectivity index (χ2n) is 7.03. The summed E-state index contributed by atoms with van der Waals surface area (Å²) in [5, 5.41) is 40.7. The van der Waals surface area contributed by atoms with E-state index in [1.54, 1.807) is 17.4 Å². The molecule has 3 aromatic rings. The van der Waals surface area contributed by atoms with E-state index in [1.165, 1.54) is 12.1 Å². The minimum Gasteiger partial charge on any atom is -0.394 e. The molecular weight excluding hydrogens is 383 g/mol. The zero-order chi connectivity index (χ0) is 19.8. The third-order valence-electron chi connectivity index (χ3n) is 5.13. The Hall–Kier alpha value is -1.87. The molecule has 2 aromatic carbocycles. The minimum absolute atomic E-state index is 0.370. The zero-order valence-corrected chi connectivity index (χ0v) is 15.7. The van der Waals surface area contributed by atoms with Crippen LogP contribution in [0.5, 0.6) is 0 Å². The topological polar surface area (TPSA) is 90.2 Å². The molecule has 2 unspecified atom stereocenters. The normalized spacial score (nSPS) is 28.0. The van der Waals surface area contributed by atoms with Crippen LogP contribution in [-0.4, -0.2) is 51.4 Å². The van der Waals surface area contributed by atoms with Crippen LogP contribution in [0.15, 0.2) is 48.5 Å². The first kappa shape index (κ1) is 19.4. The summed E-state index contributed by atoms with van der Waals surface area (Å²) in [4.78, 5) is 1.01. The third-order valence-corrected chi connectivity index (χ3v) is 6.25. The van der Waals surface area contributed by atoms with Crippen LogP contribution in [0.1, 0.15) is 22.1 Å². The van der Waals surface area contributed by atoms with Gasteiger partial charge in [-0.15, -0.1) is 11.3 Å². The number of fused-ring (bicyclic) bond motifs is 1. The van der Waals surface area contributed by atoms with Crippen molar-refractivity contribution in [3.8, 4) is 0 Å². The monoisotopic (exact) mass is 404 g/mol. The summed E-state index contributed by atoms with van der Waals surface area (Å²) in [6.07, 6.45) is -5.87. The Morgan fingerprint density at radius 2 is 1.75 bits per heavy atom. The maximum Gasteiger partial charge on any atom is 0.126 e. The second-order valence-corrected chi connectivity index (χ2v) is 8.20. The molecule has 0 radical (unpaired) electrons. The average molecular weight is 404 g/mol. The number of aliphatic hydroxyl groups excluding tert-OH is 4. The Labute approximate surface area is 165 Å². The standard InChI is InChI=1S/C21H21FO5S/c22-15-6-5-12(21-20(26)19(25)18(24)16(10-23)27-21)7-13(15)9-14-8-11-3-1-2-4-17(11)28-14/h1-8,16,18-21,23-26H,9-10H2/t16?,18-,19+,20-,21?/m1/s1. The predicted molar refractivity (Wildman–Crippen MR) is 104 cm³/mol. The zero-order valence-electron chi connectivity index (χ0n) is 14.9. The van der Waals surface area contributed by atoms with Crippen molar-refractivity contribution in [3.05, 3.63) is 70.4 Å². The first-order valence-corrected chi connectivity index (χ1v) is 9.86. The van der Waals surface area contributed by atoms with Gasteiger partial charge in [0.15, 0.2) is 0 Å². The largest absolute Gasteiger partial charge is 0.394 e. The molecule has 1 aromatic heterocycles. The van der Waals surface area contributed by atoms with Crippen LogP contribution in [0, 0.1) is 5.82 Å². The Kier molecular flexibility index (Phi) is 5.46. The Morgan fingerprint density at radius 1 is 0.964 bits per heavy atom. The lowest BCUT2D eigenvalue weighted by Crippen LogP contribution is -2.55. The van der Waals surface area contributed by atoms with Crippen molar-refractivity contribution < 1.29 is 29.6 Å². The summed E-state index contributed by atoms with van der Waals surface area (Å²) in [5.41, 5.74) is 0.926. The molecule has 0 amide bonds. The lowest BCUT2D eigenvalue weighted by atomic mass is 9.90. The molecule has 0 bridgehead atoms. The molecule has 0 saturated carbocycles. The molecule has 4 N–H and O–H groups in total. The predicted octanol–water partition coefficient (Wildman–Crippen LogP) is 2.15. The van der Waals surface area contributed by atoms with Gasteiger partial charge in [0.05, 0.1) is 6.61 Å². The molecule has 5 atom stereocenters. The van der Waals surface area contributed by atoms with Crippen LogP contribution in [-0.2, 0) is 11.2 Å². The molecule has 7 heteroatoms. The number of thiophene rings is 1. The van der Waals surface area contributed by atoms with Crippen LogP contribution in [0.25, 0.3) is 10.1 Å². The van der Waals surface area contributed by atoms with Crippen molar-refractivity contribution in [2.75, 3.05) is 6.61 Å². The average Bonchev–Trinajstić information content (AvgIpc) is 3.11. The fraction of sp³-hybridized carbons (Fsp3) is 0.333. The first-order chi connectivity index (χ1) is 13.5. The number of aliphatic hydroxyl groups is 4. The van der Waals surface area contributed by atoms with E-state index < -0.39 is 37.1 Å². The van der Waals surface area contributed by atoms with Crippen molar-refractivity contribution in [1.82, 2.24) is 0 Å². The van der Waals surface area contributed by atoms with Gasteiger partial charge in [0, 0.05) is 16.0 Å². The Bertz CT molecular complexity index is 939. The summed E-state index contributed by atoms with van der Waals surface area (Å²) < 4.78 is 21.1. The summed E-state index contributed by atoms with van der Waals surface area (Å²) in [5.74, 6) is -0.370. The number of halogens is 1. The van der Waals surface area contributed by atoms with Gasteiger partial charge in [-0.2, -0.15) is 0 Å². The molecule has 148 valence electrons. The number of hydrogen-bond acceptors (Lipinski definition) is 6. The second kappa shape index (κ2) is 7.87. The van der Waals surface area contributed by atoms with Gasteiger partial charge in [-0.1, -0.05) is 24.3 Å². The fourth-order valence-corrected chi connectivity index (χ4v) is 4.68. The highest BCUT2D eigenvalue weighted by atomic mass is 32.1. The van der Waals surface area contributed by atoms with Crippen molar-refractivity contribution >= 4 is 21.4 Å². The molecule has 1 saturated heterocycles. The molecule has 4 rings (SSSR count). The Morgan fingerprint density at radius 3 is 2.50 bits per heavy atom. The van der Waals surface area contributed by atoms with Crippen LogP contribution < -0.4 is 0 Å². The van der Waals surface area contributed by atoms with Crippen molar-refractivity contribution in [2.24, 2.45) is 0 Å². The first-order valence-electron chi connectivity index (χ1n) is 9.04. The summed E-state index contributed by atoms with van der Waals surface area (Å²) in [7, 11) is 0. The van der Waals surface area contributed by atoms with Crippen LogP contribution in [0.4, 0.5) is 4.39 Å². The number of hydrogen-bond donors (Lipinski definition) is 4. The van der Waals surface area contributed by atoms with E-state index in [0.29, 0.717) is 17.5 Å². The van der Waals surface area contributed by atoms with Gasteiger partial charge < -0.3 is 25.2 Å². The van der Waals surface area contributed by atoms with Crippen molar-refractivity contribution in [1.29, 1.82) is 0 Å². The molecule has 5 nitrogen and oxygen atoms in total. The van der Waals surface area contributed by atoms with E-state index in [9.17, 15) is 24.8 Å². The quantitative estimate of drug-likeness (QED) is 0.535. The van der Waals surface area contributed by atoms with Crippen molar-refractivity contribution in [2.45, 2.75) is 36.9 Å². The maximum absolute atomic E-state index is 14.4. The highest BCUT2D eigenvalue weighted by Gasteiger charge is 2.44. The van der Waals surface area contributed by atoms with E-state index in [1.807, 2.05) is 30.3 Å². The minimum atomic E-state index is -1.47. The lowest BCUT2D eigenvalue weighted by molar-refractivity contribution is -0.231. The molecule has 0 spiro atoms. The number of rotatable bonds is 4. The number of benzene rings is 2. The van der Waals surface area contributed by atoms with Crippen LogP contribution in [0.2, 0.25) is 0 Å². The van der Waals surface area contributed by atoms with E-state index >= 15 is 0 Å². The smallest absolute Gasteiger partial charge is 0.126 e. The van der Waals surface area contributed by atoms with Crippen LogP contribution >= 0.6 is 11.3 Å². The third kappa shape index (κ3) is 3.57. The summed E-state index contributed by atoms with van der Waals surface area (Å²) in [6.45, 7) is -0.503. The fourth-order valence-electron chi connectivity index (χ4n) is 3.60. The highest BCUT2D eigenvalue weighted by Crippen LogP contribution is 2.34. The SMILES string of the molecule is OCC1OC(c2ccc(F)c(Cc3cc4ccccc4s3)c2)[C@H](O)[C@@H](O)[C@@H]1O. The molecule has 28 heavy (non-hydrogen) atoms. The summed E-state index contributed by atoms with van der Waals surface area (Å²) >= 11 is 1.59. The van der Waals surface area contributed by atoms with Gasteiger partial charge in [-0.05, 0) is 40.8 Å². The molecule has 2 heterocycles. The highest BCUT2D eigenvalue weighted by molar-refractivity contribution is 7.19. The molecule has 0 aliphatic carbocycles. The van der Waals surface area contributed by atoms with Crippen molar-refractivity contribution in [3.63, 3.8) is 0 Å². The maximum atomic E-state index is 14.4. The van der Waals surface area contributed by atoms with Gasteiger partial charge in [-0.25, -0.2) is 4.39 Å². The van der Waals surface area contributed by atoms with E-state index in [4.69, 9.17) is 4.74 Å². The molecule has 1 aliphatic rings. The van der Waals surface area contributed by atoms with E-state index in [-0.39, 0.29) is 5.82 Å². The van der Waals surface area contributed by atoms with Gasteiger partial charge in [-0.3, -0.25) is 0 Å². The number of ether oxygens (including phenoxy) is 1. The summed E-state index contributed by atoms with van der Waals surface area (Å²) in [6, 6.07) is 14.4. The van der Waals surface area contributed by atoms with Gasteiger partial charge in [0.25, 0.3) is 0 Å². The molecule has 1 aliphatic heterocycles. The lowest BCUT2D eigenvalue weighted by Gasteiger charge is -2.40. The van der Waals surface area contributed by atoms with E-state index in [2.05, 4.69) is 0 Å². The van der Waals surface area contributed by atoms with Gasteiger partial charge >= 0.3 is 0 Å².